The van der Waals surface area contributed by atoms with Crippen molar-refractivity contribution in [1.29, 1.82) is 0 Å². The van der Waals surface area contributed by atoms with E-state index in [1.54, 1.807) is 0 Å². The van der Waals surface area contributed by atoms with Gasteiger partial charge in [-0.05, 0) is 38.5 Å². The Morgan fingerprint density at radius 1 is 0.553 bits per heavy atom. The van der Waals surface area contributed by atoms with Crippen LogP contribution in [0.4, 0.5) is 0 Å². The molecular weight excluding hydrogens is 476 g/mol. The topological polar surface area (TPSA) is 61.8 Å². The fourth-order valence-electron chi connectivity index (χ4n) is 4.31. The predicted molar refractivity (Wildman–Crippen MR) is 159 cm³/mol. The molecule has 1 atom stereocenters. The molecular formula is C33H62O5. The Morgan fingerprint density at radius 2 is 1.05 bits per heavy atom. The van der Waals surface area contributed by atoms with Crippen LogP contribution in [0.15, 0.2) is 12.2 Å². The summed E-state index contributed by atoms with van der Waals surface area (Å²) in [5.74, 6) is -0.426. The van der Waals surface area contributed by atoms with Gasteiger partial charge < -0.3 is 14.2 Å². The van der Waals surface area contributed by atoms with Gasteiger partial charge in [0.15, 0.2) is 6.10 Å². The lowest BCUT2D eigenvalue weighted by atomic mass is 10.1. The molecule has 0 aliphatic carbocycles. The first kappa shape index (κ1) is 36.6. The zero-order valence-corrected chi connectivity index (χ0v) is 25.5. The van der Waals surface area contributed by atoms with Crippen molar-refractivity contribution in [1.82, 2.24) is 0 Å². The van der Waals surface area contributed by atoms with E-state index < -0.39 is 6.10 Å². The highest BCUT2D eigenvalue weighted by atomic mass is 16.6. The first-order valence-electron chi connectivity index (χ1n) is 16.2. The largest absolute Gasteiger partial charge is 0.462 e. The van der Waals surface area contributed by atoms with Crippen LogP contribution in [0.2, 0.25) is 0 Å². The minimum Gasteiger partial charge on any atom is -0.462 e. The van der Waals surface area contributed by atoms with Gasteiger partial charge in [-0.25, -0.2) is 0 Å². The molecule has 0 aromatic rings. The van der Waals surface area contributed by atoms with Crippen LogP contribution in [-0.4, -0.2) is 37.9 Å². The van der Waals surface area contributed by atoms with Gasteiger partial charge in [0.05, 0.1) is 6.61 Å². The average Bonchev–Trinajstić information content (AvgIpc) is 2.91. The lowest BCUT2D eigenvalue weighted by Crippen LogP contribution is -2.30. The van der Waals surface area contributed by atoms with Gasteiger partial charge in [0.1, 0.15) is 6.61 Å². The third-order valence-corrected chi connectivity index (χ3v) is 6.80. The molecule has 0 aromatic carbocycles. The Hall–Kier alpha value is -1.36. The van der Waals surface area contributed by atoms with Crippen molar-refractivity contribution in [3.63, 3.8) is 0 Å². The van der Waals surface area contributed by atoms with E-state index in [1.807, 2.05) is 0 Å². The number of esters is 2. The number of rotatable bonds is 29. The van der Waals surface area contributed by atoms with Crippen LogP contribution in [0.3, 0.4) is 0 Å². The zero-order chi connectivity index (χ0) is 27.9. The Bertz CT molecular complexity index is 546. The molecule has 5 nitrogen and oxygen atoms in total. The highest BCUT2D eigenvalue weighted by Gasteiger charge is 2.17. The maximum atomic E-state index is 12.3. The van der Waals surface area contributed by atoms with E-state index in [2.05, 4.69) is 32.9 Å². The molecule has 0 aromatic heterocycles. The first-order chi connectivity index (χ1) is 18.6. The number of allylic oxidation sites excluding steroid dienone is 2. The molecule has 5 heteroatoms. The second-order valence-corrected chi connectivity index (χ2v) is 10.7. The summed E-state index contributed by atoms with van der Waals surface area (Å²) >= 11 is 0. The van der Waals surface area contributed by atoms with E-state index in [1.165, 1.54) is 77.0 Å². The smallest absolute Gasteiger partial charge is 0.306 e. The molecule has 0 saturated heterocycles. The molecule has 1 unspecified atom stereocenters. The minimum absolute atomic E-state index is 0.0856. The molecule has 38 heavy (non-hydrogen) atoms. The maximum absolute atomic E-state index is 12.3. The van der Waals surface area contributed by atoms with Crippen LogP contribution in [-0.2, 0) is 23.8 Å². The Balaban J connectivity index is 4.10. The molecule has 0 spiro atoms. The molecule has 0 amide bonds. The van der Waals surface area contributed by atoms with Crippen molar-refractivity contribution in [3.05, 3.63) is 12.2 Å². The summed E-state index contributed by atoms with van der Waals surface area (Å²) in [5.41, 5.74) is 0. The summed E-state index contributed by atoms with van der Waals surface area (Å²) in [4.78, 5) is 24.5. The van der Waals surface area contributed by atoms with Gasteiger partial charge in [0, 0.05) is 19.4 Å². The van der Waals surface area contributed by atoms with E-state index in [4.69, 9.17) is 14.2 Å². The number of carbonyl (C=O) groups excluding carboxylic acids is 2. The summed E-state index contributed by atoms with van der Waals surface area (Å²) in [6, 6.07) is 0. The standard InChI is InChI=1S/C33H62O5/c1-4-7-10-13-14-15-16-17-18-19-22-25-28-36-29-31(38-33(35)27-24-21-12-9-6-3)30-37-32(34)26-23-20-11-8-5-2/h13-14,31H,4-12,15-30H2,1-3H3/b14-13-. The van der Waals surface area contributed by atoms with Crippen molar-refractivity contribution in [2.24, 2.45) is 0 Å². The van der Waals surface area contributed by atoms with Crippen LogP contribution in [0.1, 0.15) is 162 Å². The molecule has 0 rings (SSSR count). The molecule has 0 aliphatic rings. The summed E-state index contributed by atoms with van der Waals surface area (Å²) in [5, 5.41) is 0. The van der Waals surface area contributed by atoms with Crippen molar-refractivity contribution < 1.29 is 23.8 Å². The number of hydrogen-bond acceptors (Lipinski definition) is 5. The van der Waals surface area contributed by atoms with Gasteiger partial charge in [-0.1, -0.05) is 123 Å². The Kier molecular flexibility index (Phi) is 29.1. The maximum Gasteiger partial charge on any atom is 0.306 e. The number of carbonyl (C=O) groups is 2. The molecule has 0 fully saturated rings. The third kappa shape index (κ3) is 27.7. The lowest BCUT2D eigenvalue weighted by molar-refractivity contribution is -0.163. The van der Waals surface area contributed by atoms with E-state index in [9.17, 15) is 9.59 Å². The Morgan fingerprint density at radius 3 is 1.68 bits per heavy atom. The minimum atomic E-state index is -0.521. The van der Waals surface area contributed by atoms with Gasteiger partial charge in [-0.15, -0.1) is 0 Å². The van der Waals surface area contributed by atoms with E-state index in [0.717, 1.165) is 51.4 Å². The van der Waals surface area contributed by atoms with Crippen LogP contribution >= 0.6 is 0 Å². The molecule has 0 radical (unpaired) electrons. The monoisotopic (exact) mass is 538 g/mol. The Labute approximate surface area is 235 Å². The average molecular weight is 539 g/mol. The lowest BCUT2D eigenvalue weighted by Gasteiger charge is -2.18. The summed E-state index contributed by atoms with van der Waals surface area (Å²) in [6.45, 7) is 7.62. The van der Waals surface area contributed by atoms with Crippen LogP contribution in [0.25, 0.3) is 0 Å². The third-order valence-electron chi connectivity index (χ3n) is 6.80. The second kappa shape index (κ2) is 30.2. The zero-order valence-electron chi connectivity index (χ0n) is 25.5. The summed E-state index contributed by atoms with van der Waals surface area (Å²) in [6.07, 6.45) is 28.1. The van der Waals surface area contributed by atoms with Crippen LogP contribution in [0.5, 0.6) is 0 Å². The van der Waals surface area contributed by atoms with Crippen molar-refractivity contribution in [2.45, 2.75) is 168 Å². The molecule has 224 valence electrons. The predicted octanol–water partition coefficient (Wildman–Crippen LogP) is 9.66. The molecule has 0 heterocycles. The number of unbranched alkanes of at least 4 members (excludes halogenated alkanes) is 16. The molecule has 0 aliphatic heterocycles. The summed E-state index contributed by atoms with van der Waals surface area (Å²) < 4.78 is 16.9. The van der Waals surface area contributed by atoms with Crippen LogP contribution in [0, 0.1) is 0 Å². The van der Waals surface area contributed by atoms with Gasteiger partial charge in [0.2, 0.25) is 0 Å². The van der Waals surface area contributed by atoms with Gasteiger partial charge in [-0.2, -0.15) is 0 Å². The SMILES string of the molecule is CCCC/C=C\CCCCCCCCOCC(COC(=O)CCCCCCC)OC(=O)CCCCCCC. The number of hydrogen-bond donors (Lipinski definition) is 0. The van der Waals surface area contributed by atoms with Gasteiger partial charge >= 0.3 is 11.9 Å². The van der Waals surface area contributed by atoms with E-state index in [-0.39, 0.29) is 25.2 Å². The highest BCUT2D eigenvalue weighted by molar-refractivity contribution is 5.70. The molecule has 0 saturated carbocycles. The normalized spacial score (nSPS) is 12.2. The highest BCUT2D eigenvalue weighted by Crippen LogP contribution is 2.11. The fourth-order valence-corrected chi connectivity index (χ4v) is 4.31. The van der Waals surface area contributed by atoms with E-state index in [0.29, 0.717) is 19.4 Å². The second-order valence-electron chi connectivity index (χ2n) is 10.7. The molecule has 0 bridgehead atoms. The van der Waals surface area contributed by atoms with Gasteiger partial charge in [0.25, 0.3) is 0 Å². The quantitative estimate of drug-likeness (QED) is 0.0539. The number of ether oxygens (including phenoxy) is 3. The summed E-state index contributed by atoms with van der Waals surface area (Å²) in [7, 11) is 0. The van der Waals surface area contributed by atoms with Gasteiger partial charge in [-0.3, -0.25) is 9.59 Å². The van der Waals surface area contributed by atoms with Crippen molar-refractivity contribution in [2.75, 3.05) is 19.8 Å². The van der Waals surface area contributed by atoms with E-state index >= 15 is 0 Å². The first-order valence-corrected chi connectivity index (χ1v) is 16.2. The van der Waals surface area contributed by atoms with Crippen molar-refractivity contribution in [3.8, 4) is 0 Å². The fraction of sp³-hybridized carbons (Fsp3) is 0.879. The van der Waals surface area contributed by atoms with Crippen LogP contribution < -0.4 is 0 Å². The van der Waals surface area contributed by atoms with Crippen molar-refractivity contribution >= 4 is 11.9 Å². The molecule has 0 N–H and O–H groups in total.